The summed E-state index contributed by atoms with van der Waals surface area (Å²) < 4.78 is 29.5. The molecule has 2 aromatic carbocycles. The van der Waals surface area contributed by atoms with Crippen LogP contribution in [0.15, 0.2) is 53.6 Å². The van der Waals surface area contributed by atoms with E-state index in [0.717, 1.165) is 15.2 Å². The molecular formula is C16H15N4O4PS. The molecule has 134 valence electrons. The number of thiazole rings is 1. The third-order valence-electron chi connectivity index (χ3n) is 3.25. The minimum Gasteiger partial charge on any atom is -0.403 e. The Morgan fingerprint density at radius 1 is 1.19 bits per heavy atom. The zero-order chi connectivity index (χ0) is 18.4. The Balaban J connectivity index is 1.95. The van der Waals surface area contributed by atoms with E-state index in [4.69, 9.17) is 19.1 Å². The summed E-state index contributed by atoms with van der Waals surface area (Å²) >= 11 is 1.50. The van der Waals surface area contributed by atoms with Crippen LogP contribution < -0.4 is 4.52 Å². The van der Waals surface area contributed by atoms with Gasteiger partial charge in [0.2, 0.25) is 0 Å². The highest BCUT2D eigenvalue weighted by molar-refractivity contribution is 7.48. The second-order valence-electron chi connectivity index (χ2n) is 4.93. The third kappa shape index (κ3) is 4.22. The van der Waals surface area contributed by atoms with Gasteiger partial charge in [0.1, 0.15) is 17.5 Å². The van der Waals surface area contributed by atoms with Crippen molar-refractivity contribution in [3.05, 3.63) is 59.0 Å². The van der Waals surface area contributed by atoms with E-state index in [1.807, 2.05) is 36.4 Å². The molecule has 0 saturated carbocycles. The van der Waals surface area contributed by atoms with Crippen LogP contribution in [-0.4, -0.2) is 18.3 Å². The standard InChI is InChI=1S/C16H15N4O4PS/c1-2-22-25(21,23-11-18-20-17)24-14-9-5-3-7-12(14)16-19-13-8-4-6-10-15(13)26-16/h3-10H,2,11H2,1H3. The smallest absolute Gasteiger partial charge is 0.403 e. The van der Waals surface area contributed by atoms with Crippen LogP contribution >= 0.6 is 19.2 Å². The summed E-state index contributed by atoms with van der Waals surface area (Å²) in [6.07, 6.45) is 0. The summed E-state index contributed by atoms with van der Waals surface area (Å²) in [5.41, 5.74) is 9.88. The number of fused-ring (bicyclic) bond motifs is 1. The van der Waals surface area contributed by atoms with Crippen molar-refractivity contribution in [2.24, 2.45) is 5.11 Å². The van der Waals surface area contributed by atoms with Crippen molar-refractivity contribution in [3.8, 4) is 16.3 Å². The number of phosphoric acid groups is 1. The quantitative estimate of drug-likeness (QED) is 0.210. The maximum absolute atomic E-state index is 12.7. The van der Waals surface area contributed by atoms with Crippen molar-refractivity contribution in [1.82, 2.24) is 4.98 Å². The molecule has 1 unspecified atom stereocenters. The number of benzene rings is 2. The van der Waals surface area contributed by atoms with Gasteiger partial charge in [0.15, 0.2) is 0 Å². The number of azide groups is 1. The van der Waals surface area contributed by atoms with Gasteiger partial charge in [0.25, 0.3) is 0 Å². The van der Waals surface area contributed by atoms with Crippen LogP contribution in [0.1, 0.15) is 6.92 Å². The molecule has 0 amide bonds. The SMILES string of the molecule is CCOP(=O)(OCN=[N+]=[N-])Oc1ccccc1-c1nc2ccccc2s1. The van der Waals surface area contributed by atoms with Crippen molar-refractivity contribution < 1.29 is 18.1 Å². The highest BCUT2D eigenvalue weighted by Gasteiger charge is 2.29. The van der Waals surface area contributed by atoms with Crippen LogP contribution in [0.5, 0.6) is 5.75 Å². The molecule has 0 fully saturated rings. The highest BCUT2D eigenvalue weighted by atomic mass is 32.1. The Hall–Kier alpha value is -2.41. The predicted molar refractivity (Wildman–Crippen MR) is 100 cm³/mol. The monoisotopic (exact) mass is 390 g/mol. The summed E-state index contributed by atoms with van der Waals surface area (Å²) in [6, 6.07) is 14.8. The fourth-order valence-corrected chi connectivity index (χ4v) is 4.29. The molecule has 26 heavy (non-hydrogen) atoms. The Morgan fingerprint density at radius 2 is 1.96 bits per heavy atom. The first-order valence-corrected chi connectivity index (χ1v) is 9.97. The minimum absolute atomic E-state index is 0.108. The Labute approximate surface area is 153 Å². The second-order valence-corrected chi connectivity index (χ2v) is 7.55. The normalized spacial score (nSPS) is 13.1. The molecule has 0 radical (unpaired) electrons. The average Bonchev–Trinajstić information content (AvgIpc) is 3.06. The van der Waals surface area contributed by atoms with Gasteiger partial charge in [0, 0.05) is 4.91 Å². The van der Waals surface area contributed by atoms with Crippen molar-refractivity contribution in [2.45, 2.75) is 6.92 Å². The topological polar surface area (TPSA) is 106 Å². The van der Waals surface area contributed by atoms with Crippen LogP contribution in [-0.2, 0) is 13.6 Å². The van der Waals surface area contributed by atoms with Gasteiger partial charge in [-0.2, -0.15) is 0 Å². The molecule has 1 aromatic heterocycles. The maximum Gasteiger partial charge on any atom is 0.530 e. The molecule has 8 nitrogen and oxygen atoms in total. The van der Waals surface area contributed by atoms with E-state index in [-0.39, 0.29) is 6.61 Å². The Bertz CT molecular complexity index is 970. The van der Waals surface area contributed by atoms with E-state index in [1.165, 1.54) is 11.3 Å². The van der Waals surface area contributed by atoms with Gasteiger partial charge in [-0.1, -0.05) is 29.4 Å². The zero-order valence-electron chi connectivity index (χ0n) is 13.8. The summed E-state index contributed by atoms with van der Waals surface area (Å²) in [7, 11) is -3.94. The molecule has 0 bridgehead atoms. The first-order chi connectivity index (χ1) is 12.6. The molecule has 1 heterocycles. The van der Waals surface area contributed by atoms with Crippen molar-refractivity contribution in [3.63, 3.8) is 0 Å². The lowest BCUT2D eigenvalue weighted by atomic mass is 10.2. The number of hydrogen-bond donors (Lipinski definition) is 0. The first kappa shape index (κ1) is 18.4. The summed E-state index contributed by atoms with van der Waals surface area (Å²) in [5, 5.41) is 3.93. The predicted octanol–water partition coefficient (Wildman–Crippen LogP) is 5.77. The number of nitrogens with zero attached hydrogens (tertiary/aromatic N) is 4. The van der Waals surface area contributed by atoms with Crippen molar-refractivity contribution in [1.29, 1.82) is 0 Å². The Kier molecular flexibility index (Phi) is 5.88. The maximum atomic E-state index is 12.7. The lowest BCUT2D eigenvalue weighted by Gasteiger charge is -2.18. The third-order valence-corrected chi connectivity index (χ3v) is 5.74. The van der Waals surface area contributed by atoms with E-state index in [9.17, 15) is 4.57 Å². The van der Waals surface area contributed by atoms with Gasteiger partial charge in [-0.05, 0) is 36.7 Å². The molecule has 0 aliphatic carbocycles. The van der Waals surface area contributed by atoms with E-state index in [0.29, 0.717) is 11.3 Å². The average molecular weight is 390 g/mol. The van der Waals surface area contributed by atoms with Gasteiger partial charge in [-0.25, -0.2) is 9.55 Å². The van der Waals surface area contributed by atoms with E-state index >= 15 is 0 Å². The highest BCUT2D eigenvalue weighted by Crippen LogP contribution is 2.51. The second kappa shape index (κ2) is 8.31. The Morgan fingerprint density at radius 3 is 2.73 bits per heavy atom. The molecule has 0 spiro atoms. The van der Waals surface area contributed by atoms with Gasteiger partial charge >= 0.3 is 7.82 Å². The number of para-hydroxylation sites is 2. The first-order valence-electron chi connectivity index (χ1n) is 7.70. The molecule has 0 aliphatic rings. The molecule has 3 aromatic rings. The van der Waals surface area contributed by atoms with E-state index < -0.39 is 14.6 Å². The molecule has 0 aliphatic heterocycles. The van der Waals surface area contributed by atoms with E-state index in [2.05, 4.69) is 15.0 Å². The summed E-state index contributed by atoms with van der Waals surface area (Å²) in [5.74, 6) is 0.310. The van der Waals surface area contributed by atoms with Crippen LogP contribution in [0.25, 0.3) is 31.2 Å². The lowest BCUT2D eigenvalue weighted by molar-refractivity contribution is 0.164. The van der Waals surface area contributed by atoms with Gasteiger partial charge in [-0.15, -0.1) is 11.3 Å². The molecule has 3 rings (SSSR count). The van der Waals surface area contributed by atoms with Crippen LogP contribution in [0.2, 0.25) is 0 Å². The molecule has 10 heteroatoms. The summed E-state index contributed by atoms with van der Waals surface area (Å²) in [4.78, 5) is 7.15. The van der Waals surface area contributed by atoms with Crippen LogP contribution in [0.3, 0.4) is 0 Å². The van der Waals surface area contributed by atoms with Crippen LogP contribution in [0.4, 0.5) is 0 Å². The fourth-order valence-electron chi connectivity index (χ4n) is 2.20. The van der Waals surface area contributed by atoms with Gasteiger partial charge in [0.05, 0.1) is 22.4 Å². The zero-order valence-corrected chi connectivity index (χ0v) is 15.5. The number of phosphoric ester groups is 1. The van der Waals surface area contributed by atoms with Crippen LogP contribution in [0, 0.1) is 0 Å². The van der Waals surface area contributed by atoms with E-state index in [1.54, 1.807) is 19.1 Å². The van der Waals surface area contributed by atoms with Gasteiger partial charge in [-0.3, -0.25) is 9.05 Å². The molecular weight excluding hydrogens is 375 g/mol. The number of aromatic nitrogens is 1. The molecule has 1 atom stereocenters. The fraction of sp³-hybridized carbons (Fsp3) is 0.188. The van der Waals surface area contributed by atoms with Crippen molar-refractivity contribution >= 4 is 29.4 Å². The molecule has 0 N–H and O–H groups in total. The molecule has 0 saturated heterocycles. The number of hydrogen-bond acceptors (Lipinski definition) is 7. The lowest BCUT2D eigenvalue weighted by Crippen LogP contribution is -2.03. The van der Waals surface area contributed by atoms with Gasteiger partial charge < -0.3 is 4.52 Å². The largest absolute Gasteiger partial charge is 0.530 e. The minimum atomic E-state index is -3.94. The van der Waals surface area contributed by atoms with Crippen molar-refractivity contribution in [2.75, 3.05) is 13.3 Å². The summed E-state index contributed by atoms with van der Waals surface area (Å²) in [6.45, 7) is 1.31. The number of rotatable bonds is 8.